The molecule has 1 unspecified atom stereocenters. The maximum Gasteiger partial charge on any atom is 0.0587 e. The van der Waals surface area contributed by atoms with Crippen LogP contribution in [-0.4, -0.2) is 26.8 Å². The summed E-state index contributed by atoms with van der Waals surface area (Å²) in [4.78, 5) is 0. The Kier molecular flexibility index (Phi) is 6.50. The van der Waals surface area contributed by atoms with E-state index in [1.54, 1.807) is 7.11 Å². The predicted octanol–water partition coefficient (Wildman–Crippen LogP) is 3.47. The minimum atomic E-state index is 0.419. The van der Waals surface area contributed by atoms with Gasteiger partial charge in [-0.15, -0.1) is 0 Å². The van der Waals surface area contributed by atoms with Gasteiger partial charge in [-0.1, -0.05) is 46.5 Å². The van der Waals surface area contributed by atoms with Gasteiger partial charge in [0.05, 0.1) is 6.61 Å². The summed E-state index contributed by atoms with van der Waals surface area (Å²) in [6.07, 6.45) is 7.25. The van der Waals surface area contributed by atoms with Crippen LogP contribution in [0.15, 0.2) is 0 Å². The smallest absolute Gasteiger partial charge is 0.0587 e. The van der Waals surface area contributed by atoms with Gasteiger partial charge in [0.25, 0.3) is 0 Å². The largest absolute Gasteiger partial charge is 0.383 e. The normalized spacial score (nSPS) is 19.8. The molecular formula is C15H31NO. The fourth-order valence-electron chi connectivity index (χ4n) is 2.84. The topological polar surface area (TPSA) is 21.3 Å². The Hall–Kier alpha value is -0.0800. The van der Waals surface area contributed by atoms with Crippen molar-refractivity contribution in [2.24, 2.45) is 17.3 Å². The van der Waals surface area contributed by atoms with E-state index in [1.165, 1.54) is 32.1 Å². The summed E-state index contributed by atoms with van der Waals surface area (Å²) < 4.78 is 5.08. The van der Waals surface area contributed by atoms with Crippen molar-refractivity contribution in [2.45, 2.75) is 52.9 Å². The molecule has 0 aliphatic heterocycles. The van der Waals surface area contributed by atoms with Crippen molar-refractivity contribution >= 4 is 0 Å². The van der Waals surface area contributed by atoms with E-state index in [9.17, 15) is 0 Å². The minimum Gasteiger partial charge on any atom is -0.383 e. The average Bonchev–Trinajstić information content (AvgIpc) is 2.73. The van der Waals surface area contributed by atoms with Gasteiger partial charge in [0, 0.05) is 13.7 Å². The molecular weight excluding hydrogens is 210 g/mol. The first-order valence-corrected chi connectivity index (χ1v) is 7.23. The summed E-state index contributed by atoms with van der Waals surface area (Å²) >= 11 is 0. The number of rotatable bonds is 7. The first-order chi connectivity index (χ1) is 8.04. The van der Waals surface area contributed by atoms with Crippen LogP contribution in [0, 0.1) is 17.3 Å². The third kappa shape index (κ3) is 5.87. The second-order valence-corrected chi connectivity index (χ2v) is 6.65. The number of hydrogen-bond acceptors (Lipinski definition) is 2. The van der Waals surface area contributed by atoms with Gasteiger partial charge in [0.1, 0.15) is 0 Å². The standard InChI is InChI=1S/C15H31NO/c1-15(2,3)14(12-16-9-10-17-4)11-13-7-5-6-8-13/h13-14,16H,5-12H2,1-4H3. The van der Waals surface area contributed by atoms with E-state index in [1.807, 2.05) is 0 Å². The Morgan fingerprint density at radius 1 is 1.24 bits per heavy atom. The fourth-order valence-corrected chi connectivity index (χ4v) is 2.84. The van der Waals surface area contributed by atoms with Crippen LogP contribution >= 0.6 is 0 Å². The van der Waals surface area contributed by atoms with Gasteiger partial charge in [0.15, 0.2) is 0 Å². The van der Waals surface area contributed by atoms with Crippen molar-refractivity contribution < 1.29 is 4.74 Å². The van der Waals surface area contributed by atoms with Crippen LogP contribution in [0.25, 0.3) is 0 Å². The lowest BCUT2D eigenvalue weighted by atomic mass is 9.75. The number of ether oxygens (including phenoxy) is 1. The Morgan fingerprint density at radius 2 is 1.88 bits per heavy atom. The van der Waals surface area contributed by atoms with Crippen LogP contribution < -0.4 is 5.32 Å². The van der Waals surface area contributed by atoms with Crippen molar-refractivity contribution in [1.29, 1.82) is 0 Å². The molecule has 0 aromatic carbocycles. The highest BCUT2D eigenvalue weighted by molar-refractivity contribution is 4.80. The molecule has 0 aromatic heterocycles. The van der Waals surface area contributed by atoms with Crippen LogP contribution in [0.2, 0.25) is 0 Å². The van der Waals surface area contributed by atoms with Crippen molar-refractivity contribution in [2.75, 3.05) is 26.8 Å². The predicted molar refractivity (Wildman–Crippen MR) is 74.3 cm³/mol. The third-order valence-electron chi connectivity index (χ3n) is 4.19. The lowest BCUT2D eigenvalue weighted by Gasteiger charge is -2.33. The fraction of sp³-hybridized carbons (Fsp3) is 1.00. The molecule has 0 bridgehead atoms. The molecule has 102 valence electrons. The van der Waals surface area contributed by atoms with Gasteiger partial charge in [-0.05, 0) is 30.2 Å². The summed E-state index contributed by atoms with van der Waals surface area (Å²) in [5, 5.41) is 3.54. The Labute approximate surface area is 108 Å². The molecule has 0 amide bonds. The van der Waals surface area contributed by atoms with Crippen LogP contribution in [-0.2, 0) is 4.74 Å². The highest BCUT2D eigenvalue weighted by Gasteiger charge is 2.28. The second kappa shape index (κ2) is 7.38. The van der Waals surface area contributed by atoms with Gasteiger partial charge in [-0.2, -0.15) is 0 Å². The molecule has 0 radical (unpaired) electrons. The van der Waals surface area contributed by atoms with Crippen LogP contribution in [0.5, 0.6) is 0 Å². The zero-order chi connectivity index (χ0) is 12.7. The van der Waals surface area contributed by atoms with E-state index >= 15 is 0 Å². The quantitative estimate of drug-likeness (QED) is 0.689. The molecule has 0 heterocycles. The lowest BCUT2D eigenvalue weighted by molar-refractivity contribution is 0.171. The summed E-state index contributed by atoms with van der Waals surface area (Å²) in [6.45, 7) is 10.1. The van der Waals surface area contributed by atoms with E-state index in [4.69, 9.17) is 4.74 Å². The van der Waals surface area contributed by atoms with Gasteiger partial charge in [-0.3, -0.25) is 0 Å². The number of methoxy groups -OCH3 is 1. The van der Waals surface area contributed by atoms with Gasteiger partial charge in [-0.25, -0.2) is 0 Å². The second-order valence-electron chi connectivity index (χ2n) is 6.65. The third-order valence-corrected chi connectivity index (χ3v) is 4.19. The molecule has 1 aliphatic rings. The molecule has 0 spiro atoms. The summed E-state index contributed by atoms with van der Waals surface area (Å²) in [5.41, 5.74) is 0.419. The molecule has 1 aliphatic carbocycles. The molecule has 0 saturated heterocycles. The maximum absolute atomic E-state index is 5.08. The molecule has 0 aromatic rings. The van der Waals surface area contributed by atoms with E-state index in [2.05, 4.69) is 26.1 Å². The Bertz CT molecular complexity index is 192. The van der Waals surface area contributed by atoms with Gasteiger partial charge in [0.2, 0.25) is 0 Å². The SMILES string of the molecule is COCCNCC(CC1CCCC1)C(C)(C)C. The van der Waals surface area contributed by atoms with Crippen LogP contribution in [0.1, 0.15) is 52.9 Å². The first-order valence-electron chi connectivity index (χ1n) is 7.23. The molecule has 2 heteroatoms. The van der Waals surface area contributed by atoms with E-state index in [0.29, 0.717) is 5.41 Å². The zero-order valence-electron chi connectivity index (χ0n) is 12.2. The van der Waals surface area contributed by atoms with E-state index < -0.39 is 0 Å². The highest BCUT2D eigenvalue weighted by atomic mass is 16.5. The monoisotopic (exact) mass is 241 g/mol. The van der Waals surface area contributed by atoms with Crippen LogP contribution in [0.3, 0.4) is 0 Å². The summed E-state index contributed by atoms with van der Waals surface area (Å²) in [5.74, 6) is 1.78. The molecule has 17 heavy (non-hydrogen) atoms. The molecule has 1 atom stereocenters. The minimum absolute atomic E-state index is 0.419. The van der Waals surface area contributed by atoms with Crippen molar-refractivity contribution in [3.8, 4) is 0 Å². The van der Waals surface area contributed by atoms with Crippen molar-refractivity contribution in [3.05, 3.63) is 0 Å². The number of nitrogens with one attached hydrogen (secondary N) is 1. The molecule has 1 fully saturated rings. The summed E-state index contributed by atoms with van der Waals surface area (Å²) in [6, 6.07) is 0. The lowest BCUT2D eigenvalue weighted by Crippen LogP contribution is -2.34. The molecule has 1 rings (SSSR count). The molecule has 1 N–H and O–H groups in total. The van der Waals surface area contributed by atoms with Crippen molar-refractivity contribution in [3.63, 3.8) is 0 Å². The maximum atomic E-state index is 5.08. The number of hydrogen-bond donors (Lipinski definition) is 1. The van der Waals surface area contributed by atoms with Gasteiger partial charge < -0.3 is 10.1 Å². The Balaban J connectivity index is 2.32. The van der Waals surface area contributed by atoms with E-state index in [0.717, 1.165) is 31.5 Å². The van der Waals surface area contributed by atoms with Crippen LogP contribution in [0.4, 0.5) is 0 Å². The zero-order valence-corrected chi connectivity index (χ0v) is 12.2. The first kappa shape index (κ1) is 15.0. The average molecular weight is 241 g/mol. The summed E-state index contributed by atoms with van der Waals surface area (Å²) in [7, 11) is 1.77. The van der Waals surface area contributed by atoms with Crippen molar-refractivity contribution in [1.82, 2.24) is 5.32 Å². The molecule has 1 saturated carbocycles. The van der Waals surface area contributed by atoms with Gasteiger partial charge >= 0.3 is 0 Å². The van der Waals surface area contributed by atoms with E-state index in [-0.39, 0.29) is 0 Å². The highest BCUT2D eigenvalue weighted by Crippen LogP contribution is 2.36. The molecule has 2 nitrogen and oxygen atoms in total. The Morgan fingerprint density at radius 3 is 2.41 bits per heavy atom.